The highest BCUT2D eigenvalue weighted by Crippen LogP contribution is 2.24. The maximum Gasteiger partial charge on any atom is 0.356 e. The Bertz CT molecular complexity index is 633. The molecular weight excluding hydrogens is 254 g/mol. The van der Waals surface area contributed by atoms with Crippen LogP contribution in [0.4, 0.5) is 0 Å². The maximum absolute atomic E-state index is 11.6. The predicted octanol–water partition coefficient (Wildman–Crippen LogP) is 3.19. The van der Waals surface area contributed by atoms with Gasteiger partial charge in [0.25, 0.3) is 0 Å². The molecule has 4 heteroatoms. The van der Waals surface area contributed by atoms with Crippen LogP contribution in [0.5, 0.6) is 5.75 Å². The van der Waals surface area contributed by atoms with Crippen LogP contribution < -0.4 is 4.74 Å². The maximum atomic E-state index is 11.6. The summed E-state index contributed by atoms with van der Waals surface area (Å²) < 4.78 is 9.83. The van der Waals surface area contributed by atoms with Crippen molar-refractivity contribution in [2.24, 2.45) is 0 Å². The van der Waals surface area contributed by atoms with Crippen molar-refractivity contribution >= 4 is 12.0 Å². The Labute approximate surface area is 117 Å². The Morgan fingerprint density at radius 3 is 2.40 bits per heavy atom. The summed E-state index contributed by atoms with van der Waals surface area (Å²) >= 11 is 0. The van der Waals surface area contributed by atoms with Crippen LogP contribution in [0, 0.1) is 0 Å². The number of methoxy groups -OCH3 is 2. The van der Waals surface area contributed by atoms with Crippen molar-refractivity contribution < 1.29 is 14.3 Å². The molecule has 2 rings (SSSR count). The first kappa shape index (κ1) is 13.8. The SMILES string of the molecule is C=Cc1cc(-c2ccc(OC)cc2)cc(C(=O)OC)n1. The molecule has 0 saturated carbocycles. The van der Waals surface area contributed by atoms with Crippen molar-refractivity contribution in [2.45, 2.75) is 0 Å². The quantitative estimate of drug-likeness (QED) is 0.800. The summed E-state index contributed by atoms with van der Waals surface area (Å²) in [6, 6.07) is 11.1. The van der Waals surface area contributed by atoms with Crippen LogP contribution in [-0.4, -0.2) is 25.2 Å². The number of carbonyl (C=O) groups is 1. The summed E-state index contributed by atoms with van der Waals surface area (Å²) in [4.78, 5) is 15.8. The van der Waals surface area contributed by atoms with Crippen LogP contribution in [0.3, 0.4) is 0 Å². The molecule has 0 saturated heterocycles. The lowest BCUT2D eigenvalue weighted by Crippen LogP contribution is -2.05. The van der Waals surface area contributed by atoms with Crippen LogP contribution in [0.2, 0.25) is 0 Å². The number of esters is 1. The lowest BCUT2D eigenvalue weighted by Gasteiger charge is -2.07. The molecular formula is C16H15NO3. The highest BCUT2D eigenvalue weighted by Gasteiger charge is 2.10. The lowest BCUT2D eigenvalue weighted by atomic mass is 10.0. The molecule has 102 valence electrons. The largest absolute Gasteiger partial charge is 0.497 e. The van der Waals surface area contributed by atoms with E-state index in [4.69, 9.17) is 9.47 Å². The summed E-state index contributed by atoms with van der Waals surface area (Å²) in [5, 5.41) is 0. The lowest BCUT2D eigenvalue weighted by molar-refractivity contribution is 0.0594. The average Bonchev–Trinajstić information content (AvgIpc) is 2.53. The van der Waals surface area contributed by atoms with Crippen LogP contribution >= 0.6 is 0 Å². The van der Waals surface area contributed by atoms with E-state index in [9.17, 15) is 4.79 Å². The zero-order chi connectivity index (χ0) is 14.5. The number of ether oxygens (including phenoxy) is 2. The topological polar surface area (TPSA) is 48.4 Å². The Balaban J connectivity index is 2.48. The Hall–Kier alpha value is -2.62. The van der Waals surface area contributed by atoms with Crippen molar-refractivity contribution in [2.75, 3.05) is 14.2 Å². The summed E-state index contributed by atoms with van der Waals surface area (Å²) in [6.07, 6.45) is 1.60. The molecule has 20 heavy (non-hydrogen) atoms. The first-order valence-electron chi connectivity index (χ1n) is 6.05. The zero-order valence-corrected chi connectivity index (χ0v) is 11.4. The van der Waals surface area contributed by atoms with Crippen molar-refractivity contribution in [1.29, 1.82) is 0 Å². The number of hydrogen-bond donors (Lipinski definition) is 0. The summed E-state index contributed by atoms with van der Waals surface area (Å²) in [5.41, 5.74) is 2.72. The van der Waals surface area contributed by atoms with Crippen molar-refractivity contribution in [3.05, 3.63) is 54.4 Å². The molecule has 0 aliphatic carbocycles. The van der Waals surface area contributed by atoms with Crippen molar-refractivity contribution in [1.82, 2.24) is 4.98 Å². The van der Waals surface area contributed by atoms with Gasteiger partial charge in [-0.1, -0.05) is 18.7 Å². The van der Waals surface area contributed by atoms with Gasteiger partial charge in [0.1, 0.15) is 11.4 Å². The van der Waals surface area contributed by atoms with E-state index in [1.807, 2.05) is 30.3 Å². The second kappa shape index (κ2) is 6.02. The second-order valence-electron chi connectivity index (χ2n) is 4.09. The molecule has 0 unspecified atom stereocenters. The fourth-order valence-electron chi connectivity index (χ4n) is 1.82. The van der Waals surface area contributed by atoms with E-state index >= 15 is 0 Å². The van der Waals surface area contributed by atoms with Crippen LogP contribution in [-0.2, 0) is 4.74 Å². The fraction of sp³-hybridized carbons (Fsp3) is 0.125. The normalized spacial score (nSPS) is 9.90. The van der Waals surface area contributed by atoms with Gasteiger partial charge in [-0.2, -0.15) is 0 Å². The molecule has 4 nitrogen and oxygen atoms in total. The molecule has 0 spiro atoms. The average molecular weight is 269 g/mol. The molecule has 0 N–H and O–H groups in total. The minimum Gasteiger partial charge on any atom is -0.497 e. The Morgan fingerprint density at radius 1 is 1.15 bits per heavy atom. The third kappa shape index (κ3) is 2.85. The number of pyridine rings is 1. The van der Waals surface area contributed by atoms with E-state index in [0.717, 1.165) is 16.9 Å². The van der Waals surface area contributed by atoms with E-state index in [1.54, 1.807) is 19.3 Å². The van der Waals surface area contributed by atoms with Gasteiger partial charge >= 0.3 is 5.97 Å². The van der Waals surface area contributed by atoms with Crippen LogP contribution in [0.25, 0.3) is 17.2 Å². The summed E-state index contributed by atoms with van der Waals surface area (Å²) in [6.45, 7) is 3.68. The van der Waals surface area contributed by atoms with Gasteiger partial charge < -0.3 is 9.47 Å². The summed E-state index contributed by atoms with van der Waals surface area (Å²) in [7, 11) is 2.95. The van der Waals surface area contributed by atoms with Gasteiger partial charge in [-0.05, 0) is 41.5 Å². The van der Waals surface area contributed by atoms with E-state index in [-0.39, 0.29) is 5.69 Å². The minimum absolute atomic E-state index is 0.260. The van der Waals surface area contributed by atoms with E-state index < -0.39 is 5.97 Å². The van der Waals surface area contributed by atoms with Gasteiger partial charge in [0.05, 0.1) is 19.9 Å². The molecule has 0 aliphatic heterocycles. The number of carbonyl (C=O) groups excluding carboxylic acids is 1. The Morgan fingerprint density at radius 2 is 1.85 bits per heavy atom. The molecule has 0 fully saturated rings. The first-order valence-corrected chi connectivity index (χ1v) is 6.05. The van der Waals surface area contributed by atoms with Crippen LogP contribution in [0.1, 0.15) is 16.2 Å². The van der Waals surface area contributed by atoms with Gasteiger partial charge in [-0.15, -0.1) is 0 Å². The van der Waals surface area contributed by atoms with Gasteiger partial charge in [-0.3, -0.25) is 0 Å². The van der Waals surface area contributed by atoms with Crippen LogP contribution in [0.15, 0.2) is 43.0 Å². The second-order valence-corrected chi connectivity index (χ2v) is 4.09. The summed E-state index contributed by atoms with van der Waals surface area (Å²) in [5.74, 6) is 0.309. The van der Waals surface area contributed by atoms with E-state index in [1.165, 1.54) is 7.11 Å². The molecule has 0 atom stereocenters. The molecule has 0 amide bonds. The number of hydrogen-bond acceptors (Lipinski definition) is 4. The molecule has 0 radical (unpaired) electrons. The molecule has 2 aromatic rings. The van der Waals surface area contributed by atoms with Crippen molar-refractivity contribution in [3.8, 4) is 16.9 Å². The zero-order valence-electron chi connectivity index (χ0n) is 11.4. The molecule has 0 aliphatic rings. The molecule has 1 aromatic carbocycles. The molecule has 0 bridgehead atoms. The highest BCUT2D eigenvalue weighted by molar-refractivity contribution is 5.89. The fourth-order valence-corrected chi connectivity index (χ4v) is 1.82. The monoisotopic (exact) mass is 269 g/mol. The first-order chi connectivity index (χ1) is 9.67. The highest BCUT2D eigenvalue weighted by atomic mass is 16.5. The number of benzene rings is 1. The van der Waals surface area contributed by atoms with Gasteiger partial charge in [0.15, 0.2) is 0 Å². The van der Waals surface area contributed by atoms with Gasteiger partial charge in [0, 0.05) is 0 Å². The van der Waals surface area contributed by atoms with Crippen molar-refractivity contribution in [3.63, 3.8) is 0 Å². The number of rotatable bonds is 4. The van der Waals surface area contributed by atoms with Gasteiger partial charge in [-0.25, -0.2) is 9.78 Å². The Kier molecular flexibility index (Phi) is 4.15. The number of nitrogens with zero attached hydrogens (tertiary/aromatic N) is 1. The third-order valence-corrected chi connectivity index (χ3v) is 2.87. The van der Waals surface area contributed by atoms with E-state index in [0.29, 0.717) is 5.69 Å². The minimum atomic E-state index is -0.469. The van der Waals surface area contributed by atoms with E-state index in [2.05, 4.69) is 11.6 Å². The third-order valence-electron chi connectivity index (χ3n) is 2.87. The van der Waals surface area contributed by atoms with Gasteiger partial charge in [0.2, 0.25) is 0 Å². The molecule has 1 heterocycles. The number of aromatic nitrogens is 1. The smallest absolute Gasteiger partial charge is 0.356 e. The molecule has 1 aromatic heterocycles. The predicted molar refractivity (Wildman–Crippen MR) is 77.7 cm³/mol. The standard InChI is InChI=1S/C16H15NO3/c1-4-13-9-12(10-15(17-13)16(18)20-3)11-5-7-14(19-2)8-6-11/h4-10H,1H2,2-3H3.